The highest BCUT2D eigenvalue weighted by molar-refractivity contribution is 5.19. The van der Waals surface area contributed by atoms with Gasteiger partial charge in [0.25, 0.3) is 0 Å². The lowest BCUT2D eigenvalue weighted by Gasteiger charge is -2.37. The third-order valence-electron chi connectivity index (χ3n) is 9.86. The minimum Gasteiger partial charge on any atom is -0.0856 e. The first-order chi connectivity index (χ1) is 18.9. The second-order valence-electron chi connectivity index (χ2n) is 15.2. The van der Waals surface area contributed by atoms with Gasteiger partial charge < -0.3 is 0 Å². The van der Waals surface area contributed by atoms with Gasteiger partial charge in [-0.15, -0.1) is 0 Å². The van der Waals surface area contributed by atoms with E-state index in [1.54, 1.807) is 11.1 Å². The van der Waals surface area contributed by atoms with Crippen LogP contribution in [-0.4, -0.2) is 0 Å². The van der Waals surface area contributed by atoms with Crippen molar-refractivity contribution in [2.45, 2.75) is 172 Å². The maximum absolute atomic E-state index is 2.54. The number of hydrogen-bond donors (Lipinski definition) is 0. The molecule has 1 aliphatic carbocycles. The molecule has 0 aromatic heterocycles. The maximum Gasteiger partial charge on any atom is 0.00254 e. The molecule has 0 radical (unpaired) electrons. The summed E-state index contributed by atoms with van der Waals surface area (Å²) in [5.74, 6) is 4.00. The third-order valence-corrected chi connectivity index (χ3v) is 9.86. The standard InChI is InChI=1S/C40H72/c1-32(2)18-13-21-35(5)24-15-26-36(6)25-14-22-33(3)19-11-12-20-34(4)23-16-27-37(7)29-30-39-38(8)28-17-31-40(39,9)10/h18,24,28-30,33-34,36-37,39H,11-17,19-23,25-27,31H2,1-10H3/b30-29+,35-24+. The van der Waals surface area contributed by atoms with E-state index >= 15 is 0 Å². The molecule has 0 saturated heterocycles. The molecule has 0 fully saturated rings. The summed E-state index contributed by atoms with van der Waals surface area (Å²) >= 11 is 0. The minimum absolute atomic E-state index is 0.418. The van der Waals surface area contributed by atoms with Gasteiger partial charge in [0.2, 0.25) is 0 Å². The second kappa shape index (κ2) is 20.8. The molecule has 5 unspecified atom stereocenters. The fraction of sp³-hybridized carbons (Fsp3) is 0.800. The van der Waals surface area contributed by atoms with Crippen LogP contribution in [0.1, 0.15) is 172 Å². The van der Waals surface area contributed by atoms with Crippen LogP contribution in [0.4, 0.5) is 0 Å². The zero-order valence-corrected chi connectivity index (χ0v) is 29.1. The summed E-state index contributed by atoms with van der Waals surface area (Å²) < 4.78 is 0. The van der Waals surface area contributed by atoms with Crippen LogP contribution in [0.2, 0.25) is 0 Å². The van der Waals surface area contributed by atoms with Crippen molar-refractivity contribution in [2.24, 2.45) is 35.0 Å². The molecule has 0 aliphatic heterocycles. The van der Waals surface area contributed by atoms with Crippen LogP contribution in [0.15, 0.2) is 47.1 Å². The lowest BCUT2D eigenvalue weighted by atomic mass is 9.68. The fourth-order valence-electron chi connectivity index (χ4n) is 6.71. The van der Waals surface area contributed by atoms with Gasteiger partial charge in [0, 0.05) is 5.92 Å². The van der Waals surface area contributed by atoms with Crippen molar-refractivity contribution in [2.75, 3.05) is 0 Å². The van der Waals surface area contributed by atoms with Gasteiger partial charge in [0.1, 0.15) is 0 Å². The van der Waals surface area contributed by atoms with Crippen LogP contribution < -0.4 is 0 Å². The van der Waals surface area contributed by atoms with Crippen LogP contribution in [-0.2, 0) is 0 Å². The van der Waals surface area contributed by atoms with Gasteiger partial charge >= 0.3 is 0 Å². The highest BCUT2D eigenvalue weighted by Crippen LogP contribution is 2.41. The van der Waals surface area contributed by atoms with E-state index in [1.807, 2.05) is 0 Å². The first kappa shape index (κ1) is 37.0. The Morgan fingerprint density at radius 3 is 1.90 bits per heavy atom. The molecule has 5 atom stereocenters. The van der Waals surface area contributed by atoms with Crippen molar-refractivity contribution >= 4 is 0 Å². The van der Waals surface area contributed by atoms with Crippen molar-refractivity contribution < 1.29 is 0 Å². The van der Waals surface area contributed by atoms with Gasteiger partial charge in [0.05, 0.1) is 0 Å². The predicted octanol–water partition coefficient (Wildman–Crippen LogP) is 13.8. The van der Waals surface area contributed by atoms with E-state index in [-0.39, 0.29) is 0 Å². The van der Waals surface area contributed by atoms with Gasteiger partial charge in [-0.3, -0.25) is 0 Å². The Labute approximate surface area is 253 Å². The first-order valence-electron chi connectivity index (χ1n) is 17.5. The Morgan fingerprint density at radius 1 is 0.775 bits per heavy atom. The summed E-state index contributed by atoms with van der Waals surface area (Å²) in [5.41, 5.74) is 5.01. The quantitative estimate of drug-likeness (QED) is 0.0981. The molecular weight excluding hydrogens is 480 g/mol. The highest BCUT2D eigenvalue weighted by Gasteiger charge is 2.30. The Hall–Kier alpha value is -1.04. The molecule has 0 aromatic rings. The Morgan fingerprint density at radius 2 is 1.32 bits per heavy atom. The van der Waals surface area contributed by atoms with Gasteiger partial charge in [-0.1, -0.05) is 146 Å². The van der Waals surface area contributed by atoms with E-state index in [9.17, 15) is 0 Å². The molecule has 0 nitrogen and oxygen atoms in total. The van der Waals surface area contributed by atoms with Crippen LogP contribution in [0.25, 0.3) is 0 Å². The predicted molar refractivity (Wildman–Crippen MR) is 184 cm³/mol. The smallest absolute Gasteiger partial charge is 0.00254 e. The molecular formula is C40H72. The van der Waals surface area contributed by atoms with Gasteiger partial charge in [-0.25, -0.2) is 0 Å². The van der Waals surface area contributed by atoms with Crippen molar-refractivity contribution in [3.05, 3.63) is 47.1 Å². The molecule has 1 rings (SSSR count). The largest absolute Gasteiger partial charge is 0.0856 e. The van der Waals surface area contributed by atoms with Crippen molar-refractivity contribution in [3.63, 3.8) is 0 Å². The molecule has 0 N–H and O–H groups in total. The molecule has 0 aromatic carbocycles. The molecule has 0 bridgehead atoms. The molecule has 232 valence electrons. The summed E-state index contributed by atoms with van der Waals surface area (Å²) in [6, 6.07) is 0. The first-order valence-corrected chi connectivity index (χ1v) is 17.5. The van der Waals surface area contributed by atoms with Crippen LogP contribution in [0.5, 0.6) is 0 Å². The summed E-state index contributed by atoms with van der Waals surface area (Å²) in [6.07, 6.45) is 34.1. The second-order valence-corrected chi connectivity index (χ2v) is 15.2. The molecule has 0 spiro atoms. The summed E-state index contributed by atoms with van der Waals surface area (Å²) in [7, 11) is 0. The van der Waals surface area contributed by atoms with E-state index in [1.165, 1.54) is 108 Å². The molecule has 0 heteroatoms. The normalized spacial score (nSPS) is 20.7. The molecule has 0 heterocycles. The molecule has 1 aliphatic rings. The SMILES string of the molecule is CC(C)=CCC/C(C)=C/CCC(C)CCCC(C)CCCCC(C)CCCC(C)/C=C/C1C(C)=CCCC1(C)C. The molecule has 40 heavy (non-hydrogen) atoms. The average Bonchev–Trinajstić information content (AvgIpc) is 2.85. The van der Waals surface area contributed by atoms with E-state index < -0.39 is 0 Å². The summed E-state index contributed by atoms with van der Waals surface area (Å²) in [6.45, 7) is 23.8. The van der Waals surface area contributed by atoms with Gasteiger partial charge in [-0.2, -0.15) is 0 Å². The van der Waals surface area contributed by atoms with Crippen molar-refractivity contribution in [3.8, 4) is 0 Å². The molecule has 0 saturated carbocycles. The fourth-order valence-corrected chi connectivity index (χ4v) is 6.71. The zero-order chi connectivity index (χ0) is 30.0. The van der Waals surface area contributed by atoms with Crippen LogP contribution in [0, 0.1) is 35.0 Å². The van der Waals surface area contributed by atoms with E-state index in [0.717, 1.165) is 17.8 Å². The average molecular weight is 553 g/mol. The maximum atomic E-state index is 2.54. The number of unbranched alkanes of at least 4 members (excludes halogenated alkanes) is 1. The Bertz CT molecular complexity index is 768. The van der Waals surface area contributed by atoms with E-state index in [4.69, 9.17) is 0 Å². The van der Waals surface area contributed by atoms with Gasteiger partial charge in [-0.05, 0) is 102 Å². The highest BCUT2D eigenvalue weighted by atomic mass is 14.3. The Balaban J connectivity index is 2.08. The number of rotatable bonds is 21. The van der Waals surface area contributed by atoms with Gasteiger partial charge in [0.15, 0.2) is 0 Å². The van der Waals surface area contributed by atoms with E-state index in [2.05, 4.69) is 99.6 Å². The number of allylic oxidation sites excluding steroid dienone is 8. The van der Waals surface area contributed by atoms with Crippen LogP contribution >= 0.6 is 0 Å². The van der Waals surface area contributed by atoms with Crippen molar-refractivity contribution in [1.29, 1.82) is 0 Å². The van der Waals surface area contributed by atoms with Crippen LogP contribution in [0.3, 0.4) is 0 Å². The lowest BCUT2D eigenvalue weighted by Crippen LogP contribution is -2.26. The van der Waals surface area contributed by atoms with Crippen molar-refractivity contribution in [1.82, 2.24) is 0 Å². The monoisotopic (exact) mass is 553 g/mol. The minimum atomic E-state index is 0.418. The van der Waals surface area contributed by atoms with E-state index in [0.29, 0.717) is 17.3 Å². The summed E-state index contributed by atoms with van der Waals surface area (Å²) in [5, 5.41) is 0. The molecule has 0 amide bonds. The lowest BCUT2D eigenvalue weighted by molar-refractivity contribution is 0.255. The topological polar surface area (TPSA) is 0 Å². The Kier molecular flexibility index (Phi) is 19.2. The summed E-state index contributed by atoms with van der Waals surface area (Å²) in [4.78, 5) is 0. The third kappa shape index (κ3) is 17.7. The number of hydrogen-bond acceptors (Lipinski definition) is 0. The zero-order valence-electron chi connectivity index (χ0n) is 29.1.